The van der Waals surface area contributed by atoms with E-state index in [1.807, 2.05) is 31.3 Å². The topological polar surface area (TPSA) is 74.3 Å². The number of likely N-dealkylation sites (N-methyl/N-ethyl adjacent to an activating group) is 1. The normalized spacial score (nSPS) is 17.1. The van der Waals surface area contributed by atoms with E-state index in [1.165, 1.54) is 0 Å². The zero-order chi connectivity index (χ0) is 14.4. The fraction of sp³-hybridized carbons (Fsp3) is 0.500. The lowest BCUT2D eigenvalue weighted by atomic mass is 10.2. The van der Waals surface area contributed by atoms with E-state index in [9.17, 15) is 0 Å². The van der Waals surface area contributed by atoms with Crippen LogP contribution in [0.15, 0.2) is 29.4 Å². The molecular weight excluding hydrogens is 256 g/mol. The molecule has 6 nitrogen and oxygen atoms in total. The lowest BCUT2D eigenvalue weighted by molar-refractivity contribution is 0.0393. The van der Waals surface area contributed by atoms with Gasteiger partial charge in [-0.3, -0.25) is 4.90 Å². The molecule has 1 saturated heterocycles. The smallest absolute Gasteiger partial charge is 0.170 e. The van der Waals surface area contributed by atoms with E-state index in [0.717, 1.165) is 50.6 Å². The Hall–Kier alpha value is -1.79. The largest absolute Gasteiger partial charge is 0.409 e. The maximum atomic E-state index is 8.72. The highest BCUT2D eigenvalue weighted by molar-refractivity contribution is 5.97. The van der Waals surface area contributed by atoms with Gasteiger partial charge in [0.15, 0.2) is 5.84 Å². The summed E-state index contributed by atoms with van der Waals surface area (Å²) in [7, 11) is 2.05. The second kappa shape index (κ2) is 7.12. The Labute approximate surface area is 119 Å². The monoisotopic (exact) mass is 278 g/mol. The number of oxime groups is 1. The molecule has 2 rings (SSSR count). The number of hydrogen-bond acceptors (Lipinski definition) is 5. The first-order valence-electron chi connectivity index (χ1n) is 6.80. The Morgan fingerprint density at radius 2 is 2.20 bits per heavy atom. The van der Waals surface area contributed by atoms with Gasteiger partial charge in [0.25, 0.3) is 0 Å². The van der Waals surface area contributed by atoms with Gasteiger partial charge in [-0.05, 0) is 12.1 Å². The second-order valence-electron chi connectivity index (χ2n) is 4.91. The molecule has 0 amide bonds. The number of nitrogens with two attached hydrogens (primary N) is 1. The Balaban J connectivity index is 1.92. The van der Waals surface area contributed by atoms with Gasteiger partial charge in [-0.1, -0.05) is 17.3 Å². The summed E-state index contributed by atoms with van der Waals surface area (Å²) in [6.07, 6.45) is 0. The van der Waals surface area contributed by atoms with E-state index in [2.05, 4.69) is 15.0 Å². The van der Waals surface area contributed by atoms with Crippen LogP contribution >= 0.6 is 0 Å². The molecule has 0 unspecified atom stereocenters. The van der Waals surface area contributed by atoms with Gasteiger partial charge in [0, 0.05) is 44.5 Å². The number of benzene rings is 1. The van der Waals surface area contributed by atoms with Crippen LogP contribution in [-0.4, -0.2) is 62.4 Å². The first-order chi connectivity index (χ1) is 9.70. The van der Waals surface area contributed by atoms with Gasteiger partial charge in [0.1, 0.15) is 0 Å². The van der Waals surface area contributed by atoms with Crippen molar-refractivity contribution in [2.45, 2.75) is 0 Å². The van der Waals surface area contributed by atoms with Crippen LogP contribution in [-0.2, 0) is 4.74 Å². The van der Waals surface area contributed by atoms with Gasteiger partial charge < -0.3 is 20.6 Å². The first-order valence-corrected chi connectivity index (χ1v) is 6.80. The third kappa shape index (κ3) is 3.85. The molecule has 1 heterocycles. The highest BCUT2D eigenvalue weighted by Crippen LogP contribution is 2.14. The van der Waals surface area contributed by atoms with E-state index in [-0.39, 0.29) is 5.84 Å². The minimum Gasteiger partial charge on any atom is -0.409 e. The zero-order valence-corrected chi connectivity index (χ0v) is 11.8. The number of rotatable bonds is 5. The van der Waals surface area contributed by atoms with Crippen molar-refractivity contribution in [1.82, 2.24) is 4.90 Å². The summed E-state index contributed by atoms with van der Waals surface area (Å²) in [5.41, 5.74) is 7.40. The molecule has 0 atom stereocenters. The summed E-state index contributed by atoms with van der Waals surface area (Å²) in [5.74, 6) is 0.133. The average Bonchev–Trinajstić information content (AvgIpc) is 2.53. The quantitative estimate of drug-likeness (QED) is 0.356. The summed E-state index contributed by atoms with van der Waals surface area (Å²) in [6.45, 7) is 5.58. The third-order valence-electron chi connectivity index (χ3n) is 3.55. The number of nitrogens with zero attached hydrogens (tertiary/aromatic N) is 3. The van der Waals surface area contributed by atoms with Gasteiger partial charge in [-0.25, -0.2) is 0 Å². The molecule has 0 aromatic heterocycles. The van der Waals surface area contributed by atoms with E-state index in [1.54, 1.807) is 0 Å². The maximum absolute atomic E-state index is 8.72. The van der Waals surface area contributed by atoms with Gasteiger partial charge >= 0.3 is 0 Å². The lowest BCUT2D eigenvalue weighted by Gasteiger charge is -2.29. The summed E-state index contributed by atoms with van der Waals surface area (Å²) < 4.78 is 5.34. The maximum Gasteiger partial charge on any atom is 0.170 e. The molecular formula is C14H22N4O2. The predicted molar refractivity (Wildman–Crippen MR) is 79.5 cm³/mol. The predicted octanol–water partition coefficient (Wildman–Crippen LogP) is 0.550. The van der Waals surface area contributed by atoms with Gasteiger partial charge in [-0.2, -0.15) is 0 Å². The van der Waals surface area contributed by atoms with Crippen LogP contribution in [0.1, 0.15) is 5.56 Å². The Morgan fingerprint density at radius 3 is 2.90 bits per heavy atom. The Kier molecular flexibility index (Phi) is 5.20. The average molecular weight is 278 g/mol. The minimum absolute atomic E-state index is 0.133. The van der Waals surface area contributed by atoms with Crippen molar-refractivity contribution in [2.24, 2.45) is 10.9 Å². The van der Waals surface area contributed by atoms with Crippen LogP contribution in [0.5, 0.6) is 0 Å². The highest BCUT2D eigenvalue weighted by Gasteiger charge is 2.11. The number of anilines is 1. The molecule has 1 aliphatic heterocycles. The molecule has 0 aliphatic carbocycles. The van der Waals surface area contributed by atoms with E-state index < -0.39 is 0 Å². The van der Waals surface area contributed by atoms with E-state index in [0.29, 0.717) is 0 Å². The molecule has 0 bridgehead atoms. The number of morpholine rings is 1. The molecule has 1 aliphatic rings. The zero-order valence-electron chi connectivity index (χ0n) is 11.8. The molecule has 1 fully saturated rings. The van der Waals surface area contributed by atoms with Crippen molar-refractivity contribution >= 4 is 11.5 Å². The lowest BCUT2D eigenvalue weighted by Crippen LogP contribution is -2.40. The van der Waals surface area contributed by atoms with E-state index >= 15 is 0 Å². The van der Waals surface area contributed by atoms with Crippen molar-refractivity contribution in [1.29, 1.82) is 0 Å². The van der Waals surface area contributed by atoms with Crippen LogP contribution in [0, 0.1) is 0 Å². The molecule has 20 heavy (non-hydrogen) atoms. The van der Waals surface area contributed by atoms with Gasteiger partial charge in [0.05, 0.1) is 13.2 Å². The second-order valence-corrected chi connectivity index (χ2v) is 4.91. The van der Waals surface area contributed by atoms with Crippen molar-refractivity contribution < 1.29 is 9.94 Å². The SMILES string of the molecule is CN(CCN1CCOCC1)c1cccc(C(N)=NO)c1. The Bertz CT molecular complexity index is 458. The molecule has 3 N–H and O–H groups in total. The molecule has 6 heteroatoms. The third-order valence-corrected chi connectivity index (χ3v) is 3.55. The molecule has 0 saturated carbocycles. The van der Waals surface area contributed by atoms with Gasteiger partial charge in [-0.15, -0.1) is 0 Å². The van der Waals surface area contributed by atoms with Crippen LogP contribution in [0.4, 0.5) is 5.69 Å². The van der Waals surface area contributed by atoms with Crippen LogP contribution in [0.25, 0.3) is 0 Å². The summed E-state index contributed by atoms with van der Waals surface area (Å²) in [4.78, 5) is 4.57. The van der Waals surface area contributed by atoms with E-state index in [4.69, 9.17) is 15.7 Å². The molecule has 0 radical (unpaired) electrons. The molecule has 110 valence electrons. The fourth-order valence-corrected chi connectivity index (χ4v) is 2.21. The number of amidine groups is 1. The summed E-state index contributed by atoms with van der Waals surface area (Å²) >= 11 is 0. The van der Waals surface area contributed by atoms with Crippen LogP contribution in [0.2, 0.25) is 0 Å². The van der Waals surface area contributed by atoms with Gasteiger partial charge in [0.2, 0.25) is 0 Å². The molecule has 1 aromatic carbocycles. The van der Waals surface area contributed by atoms with Crippen molar-refractivity contribution in [2.75, 3.05) is 51.3 Å². The minimum atomic E-state index is 0.133. The first kappa shape index (κ1) is 14.6. The molecule has 1 aromatic rings. The fourth-order valence-electron chi connectivity index (χ4n) is 2.21. The van der Waals surface area contributed by atoms with Crippen LogP contribution in [0.3, 0.4) is 0 Å². The number of hydrogen-bond donors (Lipinski definition) is 2. The van der Waals surface area contributed by atoms with Crippen molar-refractivity contribution in [3.63, 3.8) is 0 Å². The highest BCUT2D eigenvalue weighted by atomic mass is 16.5. The standard InChI is InChI=1S/C14H22N4O2/c1-17(5-6-18-7-9-20-10-8-18)13-4-2-3-12(11-13)14(15)16-19/h2-4,11,19H,5-10H2,1H3,(H2,15,16). The van der Waals surface area contributed by atoms with Crippen molar-refractivity contribution in [3.8, 4) is 0 Å². The molecule has 0 spiro atoms. The number of ether oxygens (including phenoxy) is 1. The van der Waals surface area contributed by atoms with Crippen molar-refractivity contribution in [3.05, 3.63) is 29.8 Å². The Morgan fingerprint density at radius 1 is 1.45 bits per heavy atom. The van der Waals surface area contributed by atoms with Crippen LogP contribution < -0.4 is 10.6 Å². The summed E-state index contributed by atoms with van der Waals surface area (Å²) in [6, 6.07) is 7.68. The summed E-state index contributed by atoms with van der Waals surface area (Å²) in [5, 5.41) is 11.8.